The number of amides is 1. The molecular formula is C21H20FN3OS2. The Morgan fingerprint density at radius 3 is 2.46 bits per heavy atom. The van der Waals surface area contributed by atoms with E-state index in [9.17, 15) is 9.18 Å². The zero-order valence-electron chi connectivity index (χ0n) is 15.6. The summed E-state index contributed by atoms with van der Waals surface area (Å²) in [6, 6.07) is 14.2. The quantitative estimate of drug-likeness (QED) is 0.383. The van der Waals surface area contributed by atoms with Crippen LogP contribution in [-0.2, 0) is 4.79 Å². The standard InChI is InChI=1S/C21H20FN3OS2/c1-3-24(4-2)17-11-9-15(10-12-17)14-23-25-20(26)19(28-21(25)27)13-16-7-5-6-8-18(16)22/h5-14H,3-4H2,1-2H3/b19-13+,23-14+. The van der Waals surface area contributed by atoms with E-state index in [1.165, 1.54) is 17.2 Å². The Balaban J connectivity index is 1.75. The molecule has 2 aromatic rings. The van der Waals surface area contributed by atoms with Crippen molar-refractivity contribution in [2.24, 2.45) is 5.10 Å². The molecular weight excluding hydrogens is 393 g/mol. The van der Waals surface area contributed by atoms with Crippen molar-refractivity contribution in [3.05, 3.63) is 70.4 Å². The van der Waals surface area contributed by atoms with Crippen LogP contribution in [0.25, 0.3) is 6.08 Å². The number of halogens is 1. The van der Waals surface area contributed by atoms with Crippen molar-refractivity contribution in [3.63, 3.8) is 0 Å². The molecule has 0 aromatic heterocycles. The number of nitrogens with zero attached hydrogens (tertiary/aromatic N) is 3. The molecule has 0 spiro atoms. The van der Waals surface area contributed by atoms with Crippen molar-refractivity contribution in [1.29, 1.82) is 0 Å². The molecule has 144 valence electrons. The van der Waals surface area contributed by atoms with Gasteiger partial charge in [0.05, 0.1) is 11.1 Å². The van der Waals surface area contributed by atoms with Crippen molar-refractivity contribution in [2.45, 2.75) is 13.8 Å². The first-order valence-corrected chi connectivity index (χ1v) is 10.2. The van der Waals surface area contributed by atoms with Crippen LogP contribution in [-0.4, -0.2) is 34.5 Å². The largest absolute Gasteiger partial charge is 0.372 e. The van der Waals surface area contributed by atoms with Gasteiger partial charge in [0.25, 0.3) is 5.91 Å². The molecule has 1 saturated heterocycles. The second-order valence-corrected chi connectivity index (χ2v) is 7.70. The number of carbonyl (C=O) groups excluding carboxylic acids is 1. The van der Waals surface area contributed by atoms with Gasteiger partial charge < -0.3 is 4.90 Å². The van der Waals surface area contributed by atoms with Crippen molar-refractivity contribution >= 4 is 52.2 Å². The summed E-state index contributed by atoms with van der Waals surface area (Å²) in [5, 5.41) is 5.40. The first-order valence-electron chi connectivity index (χ1n) is 8.95. The first-order chi connectivity index (χ1) is 13.5. The number of hydrogen-bond donors (Lipinski definition) is 0. The Bertz CT molecular complexity index is 937. The van der Waals surface area contributed by atoms with E-state index in [4.69, 9.17) is 12.2 Å². The maximum Gasteiger partial charge on any atom is 0.286 e. The Morgan fingerprint density at radius 2 is 1.82 bits per heavy atom. The summed E-state index contributed by atoms with van der Waals surface area (Å²) >= 11 is 6.37. The number of benzene rings is 2. The predicted octanol–water partition coefficient (Wildman–Crippen LogP) is 4.91. The fraction of sp³-hybridized carbons (Fsp3) is 0.190. The van der Waals surface area contributed by atoms with Crippen molar-refractivity contribution in [1.82, 2.24) is 5.01 Å². The van der Waals surface area contributed by atoms with Gasteiger partial charge in [-0.25, -0.2) is 4.39 Å². The molecule has 0 saturated carbocycles. The first kappa shape index (κ1) is 20.2. The molecule has 3 rings (SSSR count). The molecule has 1 heterocycles. The minimum Gasteiger partial charge on any atom is -0.372 e. The van der Waals surface area contributed by atoms with Gasteiger partial charge in [-0.3, -0.25) is 4.79 Å². The number of carbonyl (C=O) groups is 1. The highest BCUT2D eigenvalue weighted by Crippen LogP contribution is 2.33. The molecule has 7 heteroatoms. The zero-order valence-corrected chi connectivity index (χ0v) is 17.3. The summed E-state index contributed by atoms with van der Waals surface area (Å²) in [5.74, 6) is -0.737. The summed E-state index contributed by atoms with van der Waals surface area (Å²) in [6.45, 7) is 6.11. The molecule has 2 aromatic carbocycles. The van der Waals surface area contributed by atoms with Crippen molar-refractivity contribution in [3.8, 4) is 0 Å². The predicted molar refractivity (Wildman–Crippen MR) is 119 cm³/mol. The minimum atomic E-state index is -0.385. The van der Waals surface area contributed by atoms with Gasteiger partial charge in [-0.15, -0.1) is 0 Å². The van der Waals surface area contributed by atoms with Gasteiger partial charge in [-0.1, -0.05) is 42.1 Å². The van der Waals surface area contributed by atoms with Crippen LogP contribution in [0.15, 0.2) is 58.5 Å². The third-order valence-electron chi connectivity index (χ3n) is 4.31. The molecule has 0 atom stereocenters. The van der Waals surface area contributed by atoms with E-state index < -0.39 is 0 Å². The molecule has 0 radical (unpaired) electrons. The molecule has 1 aliphatic rings. The van der Waals surface area contributed by atoms with Crippen LogP contribution in [0.2, 0.25) is 0 Å². The highest BCUT2D eigenvalue weighted by molar-refractivity contribution is 8.26. The van der Waals surface area contributed by atoms with Gasteiger partial charge in [0.1, 0.15) is 5.82 Å². The third-order valence-corrected chi connectivity index (χ3v) is 5.59. The van der Waals surface area contributed by atoms with Crippen LogP contribution in [0, 0.1) is 5.82 Å². The number of thiocarbonyl (C=S) groups is 1. The summed E-state index contributed by atoms with van der Waals surface area (Å²) in [6.07, 6.45) is 3.10. The van der Waals surface area contributed by atoms with Crippen LogP contribution < -0.4 is 4.90 Å². The lowest BCUT2D eigenvalue weighted by Gasteiger charge is -2.20. The average molecular weight is 414 g/mol. The maximum atomic E-state index is 13.8. The summed E-state index contributed by atoms with van der Waals surface area (Å²) in [7, 11) is 0. The topological polar surface area (TPSA) is 35.9 Å². The van der Waals surface area contributed by atoms with Gasteiger partial charge in [-0.05, 0) is 55.9 Å². The van der Waals surface area contributed by atoms with E-state index in [-0.39, 0.29) is 11.7 Å². The molecule has 1 aliphatic heterocycles. The van der Waals surface area contributed by atoms with E-state index in [0.717, 1.165) is 36.1 Å². The second kappa shape index (κ2) is 9.12. The minimum absolute atomic E-state index is 0.323. The normalized spacial score (nSPS) is 15.8. The van der Waals surface area contributed by atoms with Gasteiger partial charge in [0, 0.05) is 24.3 Å². The van der Waals surface area contributed by atoms with Crippen LogP contribution in [0.4, 0.5) is 10.1 Å². The Kier molecular flexibility index (Phi) is 6.59. The van der Waals surface area contributed by atoms with E-state index in [0.29, 0.717) is 14.8 Å². The number of hydrogen-bond acceptors (Lipinski definition) is 5. The highest BCUT2D eigenvalue weighted by atomic mass is 32.2. The number of anilines is 1. The highest BCUT2D eigenvalue weighted by Gasteiger charge is 2.32. The average Bonchev–Trinajstić information content (AvgIpc) is 2.97. The van der Waals surface area contributed by atoms with Crippen LogP contribution in [0.1, 0.15) is 25.0 Å². The molecule has 0 N–H and O–H groups in total. The lowest BCUT2D eigenvalue weighted by atomic mass is 10.2. The van der Waals surface area contributed by atoms with Crippen molar-refractivity contribution < 1.29 is 9.18 Å². The lowest BCUT2D eigenvalue weighted by Crippen LogP contribution is -2.22. The Hall–Kier alpha value is -2.51. The molecule has 1 fully saturated rings. The smallest absolute Gasteiger partial charge is 0.286 e. The van der Waals surface area contributed by atoms with Crippen LogP contribution in [0.5, 0.6) is 0 Å². The molecule has 0 unspecified atom stereocenters. The summed E-state index contributed by atoms with van der Waals surface area (Å²) in [5.41, 5.74) is 2.35. The molecule has 28 heavy (non-hydrogen) atoms. The lowest BCUT2D eigenvalue weighted by molar-refractivity contribution is -0.122. The fourth-order valence-corrected chi connectivity index (χ4v) is 3.94. The molecule has 0 aliphatic carbocycles. The van der Waals surface area contributed by atoms with E-state index in [1.807, 2.05) is 24.3 Å². The van der Waals surface area contributed by atoms with E-state index in [1.54, 1.807) is 24.4 Å². The van der Waals surface area contributed by atoms with Gasteiger partial charge in [0.15, 0.2) is 4.32 Å². The third kappa shape index (κ3) is 4.48. The molecule has 1 amide bonds. The number of thioether (sulfide) groups is 1. The Morgan fingerprint density at radius 1 is 1.14 bits per heavy atom. The van der Waals surface area contributed by atoms with Gasteiger partial charge in [-0.2, -0.15) is 10.1 Å². The Labute approximate surface area is 173 Å². The monoisotopic (exact) mass is 413 g/mol. The van der Waals surface area contributed by atoms with Crippen LogP contribution >= 0.6 is 24.0 Å². The molecule has 0 bridgehead atoms. The van der Waals surface area contributed by atoms with Gasteiger partial charge >= 0.3 is 0 Å². The summed E-state index contributed by atoms with van der Waals surface area (Å²) < 4.78 is 14.2. The van der Waals surface area contributed by atoms with Crippen molar-refractivity contribution in [2.75, 3.05) is 18.0 Å². The number of hydrazone groups is 1. The summed E-state index contributed by atoms with van der Waals surface area (Å²) in [4.78, 5) is 15.2. The fourth-order valence-electron chi connectivity index (χ4n) is 2.78. The maximum absolute atomic E-state index is 13.8. The van der Waals surface area contributed by atoms with E-state index in [2.05, 4.69) is 23.8 Å². The SMILES string of the molecule is CCN(CC)c1ccc(/C=N/N2C(=O)/C(=C\c3ccccc3F)SC2=S)cc1. The van der Waals surface area contributed by atoms with Crippen LogP contribution in [0.3, 0.4) is 0 Å². The number of rotatable bonds is 6. The van der Waals surface area contributed by atoms with Gasteiger partial charge in [0.2, 0.25) is 0 Å². The second-order valence-electron chi connectivity index (χ2n) is 6.02. The zero-order chi connectivity index (χ0) is 20.1. The van der Waals surface area contributed by atoms with E-state index >= 15 is 0 Å². The molecule has 4 nitrogen and oxygen atoms in total.